The number of hydrogen-bond donors (Lipinski definition) is 1. The molecular formula is C17H14BrCl2N3O2S2. The Kier molecular flexibility index (Phi) is 6.22. The number of aromatic carboxylic acids is 1. The van der Waals surface area contributed by atoms with E-state index in [1.54, 1.807) is 30.8 Å². The van der Waals surface area contributed by atoms with E-state index in [0.717, 1.165) is 15.5 Å². The van der Waals surface area contributed by atoms with Crippen molar-refractivity contribution < 1.29 is 9.90 Å². The normalized spacial score (nSPS) is 11.4. The molecule has 3 rings (SSSR count). The molecule has 0 atom stereocenters. The number of carbonyl (C=O) groups is 1. The molecule has 3 aromatic rings. The number of rotatable bonds is 5. The van der Waals surface area contributed by atoms with Crippen molar-refractivity contribution in [1.82, 2.24) is 14.8 Å². The lowest BCUT2D eigenvalue weighted by molar-refractivity contribution is 0.0686. The van der Waals surface area contributed by atoms with Gasteiger partial charge in [-0.3, -0.25) is 0 Å². The van der Waals surface area contributed by atoms with Gasteiger partial charge in [-0.1, -0.05) is 54.5 Å². The Bertz CT molecular complexity index is 1030. The fraction of sp³-hybridized carbons (Fsp3) is 0.235. The number of hydrogen-bond acceptors (Lipinski definition) is 5. The zero-order valence-corrected chi connectivity index (χ0v) is 19.2. The molecule has 2 aromatic heterocycles. The quantitative estimate of drug-likeness (QED) is 0.396. The molecule has 0 aliphatic rings. The fourth-order valence-electron chi connectivity index (χ4n) is 2.34. The molecule has 0 saturated heterocycles. The SMILES string of the molecule is Cc1nn(-c2nc(-c3ccc(Cl)c(Cl)c3)c(SC(C)C)s2)c(C(=O)O)c1Br. The minimum atomic E-state index is -1.08. The maximum atomic E-state index is 11.7. The third kappa shape index (κ3) is 4.19. The summed E-state index contributed by atoms with van der Waals surface area (Å²) in [5.41, 5.74) is 2.17. The lowest BCUT2D eigenvalue weighted by atomic mass is 10.2. The van der Waals surface area contributed by atoms with Crippen LogP contribution in [0.2, 0.25) is 10.0 Å². The number of halogens is 3. The van der Waals surface area contributed by atoms with Crippen LogP contribution in [0, 0.1) is 6.92 Å². The maximum Gasteiger partial charge on any atom is 0.355 e. The van der Waals surface area contributed by atoms with Gasteiger partial charge in [0, 0.05) is 10.8 Å². The van der Waals surface area contributed by atoms with E-state index in [4.69, 9.17) is 23.2 Å². The van der Waals surface area contributed by atoms with Crippen LogP contribution in [-0.2, 0) is 0 Å². The van der Waals surface area contributed by atoms with E-state index < -0.39 is 5.97 Å². The number of carboxylic acids is 1. The highest BCUT2D eigenvalue weighted by molar-refractivity contribution is 9.10. The Hall–Kier alpha value is -1.06. The summed E-state index contributed by atoms with van der Waals surface area (Å²) in [6, 6.07) is 5.33. The van der Waals surface area contributed by atoms with Crippen LogP contribution in [0.5, 0.6) is 0 Å². The lowest BCUT2D eigenvalue weighted by Crippen LogP contribution is -2.08. The second kappa shape index (κ2) is 8.13. The Morgan fingerprint density at radius 3 is 2.63 bits per heavy atom. The number of thiazole rings is 1. The summed E-state index contributed by atoms with van der Waals surface area (Å²) in [6.07, 6.45) is 0. The molecule has 1 N–H and O–H groups in total. The molecule has 10 heteroatoms. The van der Waals surface area contributed by atoms with Crippen molar-refractivity contribution in [1.29, 1.82) is 0 Å². The average Bonchev–Trinajstić information content (AvgIpc) is 3.11. The monoisotopic (exact) mass is 505 g/mol. The van der Waals surface area contributed by atoms with Gasteiger partial charge in [-0.05, 0) is 35.0 Å². The summed E-state index contributed by atoms with van der Waals surface area (Å²) < 4.78 is 2.76. The zero-order chi connectivity index (χ0) is 19.9. The highest BCUT2D eigenvalue weighted by Crippen LogP contribution is 2.41. The predicted octanol–water partition coefficient (Wildman–Crippen LogP) is 6.57. The van der Waals surface area contributed by atoms with E-state index in [0.29, 0.717) is 30.6 Å². The van der Waals surface area contributed by atoms with Gasteiger partial charge in [0.05, 0.1) is 30.1 Å². The topological polar surface area (TPSA) is 68.0 Å². The molecule has 5 nitrogen and oxygen atoms in total. The predicted molar refractivity (Wildman–Crippen MR) is 115 cm³/mol. The number of aryl methyl sites for hydroxylation is 1. The van der Waals surface area contributed by atoms with Crippen LogP contribution in [0.4, 0.5) is 0 Å². The average molecular weight is 507 g/mol. The molecule has 0 spiro atoms. The molecule has 2 heterocycles. The van der Waals surface area contributed by atoms with Gasteiger partial charge in [-0.2, -0.15) is 9.78 Å². The molecule has 0 unspecified atom stereocenters. The molecule has 0 fully saturated rings. The molecule has 1 aromatic carbocycles. The number of aromatic nitrogens is 3. The first kappa shape index (κ1) is 20.7. The summed E-state index contributed by atoms with van der Waals surface area (Å²) in [7, 11) is 0. The van der Waals surface area contributed by atoms with Gasteiger partial charge in [0.1, 0.15) is 0 Å². The number of carboxylic acid groups (broad SMARTS) is 1. The summed E-state index contributed by atoms with van der Waals surface area (Å²) in [5, 5.41) is 15.6. The van der Waals surface area contributed by atoms with E-state index in [1.807, 2.05) is 6.07 Å². The Balaban J connectivity index is 2.20. The standard InChI is InChI=1S/C17H14BrCl2N3O2S2/c1-7(2)26-16-13(9-4-5-10(19)11(20)6-9)21-17(27-16)23-14(15(24)25)12(18)8(3)22-23/h4-7H,1-3H3,(H,24,25). The van der Waals surface area contributed by atoms with E-state index in [2.05, 4.69) is 39.9 Å². The van der Waals surface area contributed by atoms with Crippen LogP contribution in [0.15, 0.2) is 26.9 Å². The summed E-state index contributed by atoms with van der Waals surface area (Å²) in [5.74, 6) is -1.08. The molecule has 142 valence electrons. The van der Waals surface area contributed by atoms with Crippen molar-refractivity contribution in [3.63, 3.8) is 0 Å². The first-order valence-electron chi connectivity index (χ1n) is 7.80. The van der Waals surface area contributed by atoms with E-state index in [9.17, 15) is 9.90 Å². The molecule has 0 amide bonds. The second-order valence-electron chi connectivity index (χ2n) is 5.89. The van der Waals surface area contributed by atoms with Crippen LogP contribution in [-0.4, -0.2) is 31.1 Å². The highest BCUT2D eigenvalue weighted by atomic mass is 79.9. The summed E-state index contributed by atoms with van der Waals surface area (Å²) in [6.45, 7) is 5.91. The van der Waals surface area contributed by atoms with Gasteiger partial charge in [0.25, 0.3) is 0 Å². The van der Waals surface area contributed by atoms with Crippen LogP contribution >= 0.6 is 62.2 Å². The van der Waals surface area contributed by atoms with E-state index in [-0.39, 0.29) is 5.69 Å². The first-order chi connectivity index (χ1) is 12.7. The smallest absolute Gasteiger partial charge is 0.355 e. The van der Waals surface area contributed by atoms with Gasteiger partial charge < -0.3 is 5.11 Å². The molecule has 0 radical (unpaired) electrons. The van der Waals surface area contributed by atoms with E-state index in [1.165, 1.54) is 16.0 Å². The number of benzene rings is 1. The highest BCUT2D eigenvalue weighted by Gasteiger charge is 2.24. The third-order valence-corrected chi connectivity index (χ3v) is 7.42. The van der Waals surface area contributed by atoms with Gasteiger partial charge in [-0.25, -0.2) is 9.78 Å². The number of thioether (sulfide) groups is 1. The van der Waals surface area contributed by atoms with Crippen LogP contribution in [0.1, 0.15) is 30.0 Å². The van der Waals surface area contributed by atoms with Crippen LogP contribution < -0.4 is 0 Å². The fourth-order valence-corrected chi connectivity index (χ4v) is 5.53. The largest absolute Gasteiger partial charge is 0.476 e. The molecular weight excluding hydrogens is 493 g/mol. The molecule has 0 saturated carbocycles. The van der Waals surface area contributed by atoms with Gasteiger partial charge >= 0.3 is 5.97 Å². The molecule has 0 aliphatic heterocycles. The van der Waals surface area contributed by atoms with Crippen molar-refractivity contribution in [2.24, 2.45) is 0 Å². The zero-order valence-electron chi connectivity index (χ0n) is 14.5. The molecule has 0 aliphatic carbocycles. The van der Waals surface area contributed by atoms with Crippen LogP contribution in [0.25, 0.3) is 16.4 Å². The Morgan fingerprint density at radius 1 is 1.33 bits per heavy atom. The molecule has 0 bridgehead atoms. The van der Waals surface area contributed by atoms with Crippen molar-refractivity contribution in [3.05, 3.63) is 44.1 Å². The second-order valence-corrected chi connectivity index (χ2v) is 10.3. The molecule has 27 heavy (non-hydrogen) atoms. The van der Waals surface area contributed by atoms with Gasteiger partial charge in [0.2, 0.25) is 5.13 Å². The minimum absolute atomic E-state index is 0.0445. The minimum Gasteiger partial charge on any atom is -0.476 e. The number of nitrogens with zero attached hydrogens (tertiary/aromatic N) is 3. The van der Waals surface area contributed by atoms with Crippen molar-refractivity contribution in [2.45, 2.75) is 30.2 Å². The Morgan fingerprint density at radius 2 is 2.04 bits per heavy atom. The summed E-state index contributed by atoms with van der Waals surface area (Å²) in [4.78, 5) is 16.4. The van der Waals surface area contributed by atoms with Crippen molar-refractivity contribution >= 4 is 68.2 Å². The van der Waals surface area contributed by atoms with Gasteiger partial charge in [0.15, 0.2) is 5.69 Å². The van der Waals surface area contributed by atoms with Crippen LogP contribution in [0.3, 0.4) is 0 Å². The van der Waals surface area contributed by atoms with Crippen molar-refractivity contribution in [2.75, 3.05) is 0 Å². The Labute approximate surface area is 182 Å². The van der Waals surface area contributed by atoms with E-state index >= 15 is 0 Å². The van der Waals surface area contributed by atoms with Crippen molar-refractivity contribution in [3.8, 4) is 16.4 Å². The maximum absolute atomic E-state index is 11.7. The lowest BCUT2D eigenvalue weighted by Gasteiger charge is -2.05. The first-order valence-corrected chi connectivity index (χ1v) is 11.0. The van der Waals surface area contributed by atoms with Gasteiger partial charge in [-0.15, -0.1) is 11.8 Å². The third-order valence-electron chi connectivity index (χ3n) is 3.49. The summed E-state index contributed by atoms with van der Waals surface area (Å²) >= 11 is 18.5.